The Bertz CT molecular complexity index is 833. The minimum Gasteiger partial charge on any atom is -0.378 e. The molecular formula is C22H24N3+. The first kappa shape index (κ1) is 16.9. The molecule has 1 aliphatic carbocycles. The van der Waals surface area contributed by atoms with Gasteiger partial charge in [-0.1, -0.05) is 24.3 Å². The zero-order valence-corrected chi connectivity index (χ0v) is 15.0. The van der Waals surface area contributed by atoms with E-state index in [0.717, 1.165) is 5.57 Å². The number of anilines is 1. The van der Waals surface area contributed by atoms with E-state index in [-0.39, 0.29) is 0 Å². The van der Waals surface area contributed by atoms with Crippen LogP contribution in [0.4, 0.5) is 11.4 Å². The standard InChI is InChI=1S/C22H23N3/c1-24-20-12-6-17(7-13-20)22(16-4-10-19(23)11-5-16)18-8-14-21(15-9-18)25(2)3/h4-15,23-24H,1-3H3/p+1. The molecule has 0 spiro atoms. The third-order valence-corrected chi connectivity index (χ3v) is 4.38. The van der Waals surface area contributed by atoms with Crippen LogP contribution >= 0.6 is 0 Å². The lowest BCUT2D eigenvalue weighted by Gasteiger charge is -2.16. The Morgan fingerprint density at radius 2 is 1.32 bits per heavy atom. The van der Waals surface area contributed by atoms with Crippen molar-refractivity contribution in [1.29, 1.82) is 5.41 Å². The van der Waals surface area contributed by atoms with E-state index >= 15 is 0 Å². The molecule has 3 nitrogen and oxygen atoms in total. The number of rotatable bonds is 4. The molecule has 0 unspecified atom stereocenters. The average molecular weight is 330 g/mol. The monoisotopic (exact) mass is 330 g/mol. The molecule has 0 amide bonds. The van der Waals surface area contributed by atoms with Crippen LogP contribution in [0.25, 0.3) is 5.57 Å². The second-order valence-corrected chi connectivity index (χ2v) is 6.30. The fourth-order valence-electron chi connectivity index (χ4n) is 2.91. The first-order chi connectivity index (χ1) is 12.1. The summed E-state index contributed by atoms with van der Waals surface area (Å²) in [5, 5.41) is 9.85. The molecule has 0 bridgehead atoms. The number of allylic oxidation sites excluding steroid dienone is 5. The van der Waals surface area contributed by atoms with Crippen molar-refractivity contribution in [2.75, 3.05) is 26.0 Å². The minimum atomic E-state index is 0.530. The van der Waals surface area contributed by atoms with Crippen LogP contribution in [0.1, 0.15) is 11.1 Å². The first-order valence-corrected chi connectivity index (χ1v) is 8.45. The lowest BCUT2D eigenvalue weighted by Crippen LogP contribution is -2.72. The van der Waals surface area contributed by atoms with Crippen LogP contribution in [0.3, 0.4) is 0 Å². The highest BCUT2D eigenvalue weighted by molar-refractivity contribution is 6.05. The molecule has 3 rings (SSSR count). The van der Waals surface area contributed by atoms with Gasteiger partial charge >= 0.3 is 0 Å². The van der Waals surface area contributed by atoms with E-state index < -0.39 is 0 Å². The number of nitrogens with two attached hydrogens (primary N) is 1. The Kier molecular flexibility index (Phi) is 4.96. The molecule has 0 saturated heterocycles. The van der Waals surface area contributed by atoms with Gasteiger partial charge in [0.2, 0.25) is 0 Å². The lowest BCUT2D eigenvalue weighted by molar-refractivity contribution is -0.539. The number of quaternary nitrogens is 1. The third-order valence-electron chi connectivity index (χ3n) is 4.38. The summed E-state index contributed by atoms with van der Waals surface area (Å²) in [7, 11) is 6.14. The molecule has 3 heteroatoms. The summed E-state index contributed by atoms with van der Waals surface area (Å²) in [6.45, 7) is 0. The average Bonchev–Trinajstić information content (AvgIpc) is 2.64. The summed E-state index contributed by atoms with van der Waals surface area (Å²) in [4.78, 5) is 2.10. The summed E-state index contributed by atoms with van der Waals surface area (Å²) in [5.41, 5.74) is 7.60. The van der Waals surface area contributed by atoms with Gasteiger partial charge in [0.25, 0.3) is 0 Å². The van der Waals surface area contributed by atoms with Crippen molar-refractivity contribution in [3.8, 4) is 0 Å². The van der Waals surface area contributed by atoms with Gasteiger partial charge in [0.1, 0.15) is 5.69 Å². The first-order valence-electron chi connectivity index (χ1n) is 8.45. The summed E-state index contributed by atoms with van der Waals surface area (Å²) >= 11 is 0. The van der Waals surface area contributed by atoms with Gasteiger partial charge in [-0.05, 0) is 70.8 Å². The van der Waals surface area contributed by atoms with Gasteiger partial charge in [0, 0.05) is 19.8 Å². The Morgan fingerprint density at radius 3 is 1.80 bits per heavy atom. The van der Waals surface area contributed by atoms with Crippen molar-refractivity contribution in [3.63, 3.8) is 0 Å². The molecule has 0 fully saturated rings. The topological polar surface area (TPSA) is 43.7 Å². The predicted octanol–water partition coefficient (Wildman–Crippen LogP) is 3.52. The van der Waals surface area contributed by atoms with Gasteiger partial charge in [-0.3, -0.25) is 0 Å². The van der Waals surface area contributed by atoms with Crippen molar-refractivity contribution >= 4 is 22.7 Å². The third kappa shape index (κ3) is 3.78. The van der Waals surface area contributed by atoms with Crippen molar-refractivity contribution in [2.45, 2.75) is 0 Å². The van der Waals surface area contributed by atoms with Crippen LogP contribution in [0.2, 0.25) is 0 Å². The van der Waals surface area contributed by atoms with Crippen LogP contribution in [0.5, 0.6) is 0 Å². The van der Waals surface area contributed by atoms with Gasteiger partial charge in [-0.25, -0.2) is 0 Å². The summed E-state index contributed by atoms with van der Waals surface area (Å²) in [6.07, 6.45) is 7.74. The maximum absolute atomic E-state index is 7.75. The minimum absolute atomic E-state index is 0.530. The highest BCUT2D eigenvalue weighted by Crippen LogP contribution is 2.31. The van der Waals surface area contributed by atoms with Crippen LogP contribution in [0.15, 0.2) is 78.4 Å². The lowest BCUT2D eigenvalue weighted by atomic mass is 9.90. The van der Waals surface area contributed by atoms with Crippen molar-refractivity contribution in [3.05, 3.63) is 89.5 Å². The molecule has 25 heavy (non-hydrogen) atoms. The molecule has 1 aliphatic rings. The van der Waals surface area contributed by atoms with Crippen molar-refractivity contribution < 1.29 is 5.32 Å². The molecule has 0 radical (unpaired) electrons. The van der Waals surface area contributed by atoms with E-state index in [1.165, 1.54) is 28.1 Å². The molecule has 2 aromatic rings. The number of benzene rings is 2. The van der Waals surface area contributed by atoms with E-state index in [1.54, 1.807) is 0 Å². The second kappa shape index (κ2) is 7.32. The number of hydrogen-bond acceptors (Lipinski definition) is 2. The molecule has 126 valence electrons. The van der Waals surface area contributed by atoms with E-state index in [4.69, 9.17) is 5.41 Å². The van der Waals surface area contributed by atoms with Crippen molar-refractivity contribution in [1.82, 2.24) is 0 Å². The zero-order chi connectivity index (χ0) is 17.8. The highest BCUT2D eigenvalue weighted by Gasteiger charge is 2.12. The van der Waals surface area contributed by atoms with Crippen molar-refractivity contribution in [2.24, 2.45) is 0 Å². The van der Waals surface area contributed by atoms with E-state index in [2.05, 4.69) is 58.7 Å². The van der Waals surface area contributed by atoms with Gasteiger partial charge in [0.05, 0.1) is 12.8 Å². The normalized spacial score (nSPS) is 13.2. The Hall–Kier alpha value is -2.91. The Labute approximate surface area is 149 Å². The largest absolute Gasteiger partial charge is 0.378 e. The number of hydrogen-bond donors (Lipinski definition) is 2. The van der Waals surface area contributed by atoms with Crippen LogP contribution in [-0.2, 0) is 0 Å². The Balaban J connectivity index is 2.12. The molecule has 0 heterocycles. The quantitative estimate of drug-likeness (QED) is 0.828. The van der Waals surface area contributed by atoms with Crippen LogP contribution < -0.4 is 10.2 Å². The highest BCUT2D eigenvalue weighted by atomic mass is 15.1. The zero-order valence-electron chi connectivity index (χ0n) is 15.0. The van der Waals surface area contributed by atoms with Gasteiger partial charge < -0.3 is 15.6 Å². The molecule has 2 aromatic carbocycles. The molecular weight excluding hydrogens is 306 g/mol. The summed E-state index contributed by atoms with van der Waals surface area (Å²) < 4.78 is 0. The van der Waals surface area contributed by atoms with E-state index in [0.29, 0.717) is 5.71 Å². The number of nitrogens with zero attached hydrogens (tertiary/aromatic N) is 1. The van der Waals surface area contributed by atoms with Gasteiger partial charge in [-0.15, -0.1) is 0 Å². The summed E-state index contributed by atoms with van der Waals surface area (Å²) in [5.74, 6) is 0. The second-order valence-electron chi connectivity index (χ2n) is 6.30. The molecule has 3 N–H and O–H groups in total. The SMILES string of the molecule is C[NH2+]c1ccc(C(=C2C=CC(=N)C=C2)c2ccc(N(C)C)cc2)cc1. The predicted molar refractivity (Wildman–Crippen MR) is 107 cm³/mol. The van der Waals surface area contributed by atoms with E-state index in [9.17, 15) is 0 Å². The molecule has 0 atom stereocenters. The smallest absolute Gasteiger partial charge is 0.129 e. The fourth-order valence-corrected chi connectivity index (χ4v) is 2.91. The van der Waals surface area contributed by atoms with Crippen LogP contribution in [-0.4, -0.2) is 26.9 Å². The molecule has 0 aromatic heterocycles. The van der Waals surface area contributed by atoms with Gasteiger partial charge in [-0.2, -0.15) is 0 Å². The molecule has 0 saturated carbocycles. The maximum Gasteiger partial charge on any atom is 0.129 e. The molecule has 0 aliphatic heterocycles. The van der Waals surface area contributed by atoms with Crippen LogP contribution in [0, 0.1) is 5.41 Å². The fraction of sp³-hybridized carbons (Fsp3) is 0.136. The Morgan fingerprint density at radius 1 is 0.800 bits per heavy atom. The summed E-state index contributed by atoms with van der Waals surface area (Å²) in [6, 6.07) is 17.2. The number of nitrogens with one attached hydrogen (secondary N) is 1. The maximum atomic E-state index is 7.75. The van der Waals surface area contributed by atoms with Gasteiger partial charge in [0.15, 0.2) is 0 Å². The van der Waals surface area contributed by atoms with E-state index in [1.807, 2.05) is 45.4 Å².